The predicted molar refractivity (Wildman–Crippen MR) is 109 cm³/mol. The molecular formula is C22H26N4O3. The zero-order valence-corrected chi connectivity index (χ0v) is 16.6. The zero-order valence-electron chi connectivity index (χ0n) is 16.6. The number of hydrogen-bond donors (Lipinski definition) is 1. The van der Waals surface area contributed by atoms with Crippen LogP contribution < -0.4 is 5.32 Å². The molecule has 7 heteroatoms. The summed E-state index contributed by atoms with van der Waals surface area (Å²) in [5.74, 6) is 1.30. The number of piperidine rings is 1. The van der Waals surface area contributed by atoms with E-state index in [0.29, 0.717) is 38.2 Å². The molecule has 152 valence electrons. The van der Waals surface area contributed by atoms with Crippen LogP contribution in [0.1, 0.15) is 35.6 Å². The number of likely N-dealkylation sites (tertiary alicyclic amines) is 1. The van der Waals surface area contributed by atoms with E-state index in [1.165, 1.54) is 6.26 Å². The van der Waals surface area contributed by atoms with Gasteiger partial charge in [0.2, 0.25) is 5.91 Å². The Labute approximate surface area is 169 Å². The van der Waals surface area contributed by atoms with Gasteiger partial charge in [-0.1, -0.05) is 12.1 Å². The zero-order chi connectivity index (χ0) is 20.2. The van der Waals surface area contributed by atoms with E-state index in [1.54, 1.807) is 17.0 Å². The van der Waals surface area contributed by atoms with Crippen molar-refractivity contribution in [2.75, 3.05) is 19.6 Å². The van der Waals surface area contributed by atoms with Crippen LogP contribution in [0.3, 0.4) is 0 Å². The summed E-state index contributed by atoms with van der Waals surface area (Å²) in [6.07, 6.45) is 3.72. The van der Waals surface area contributed by atoms with Gasteiger partial charge in [-0.3, -0.25) is 9.59 Å². The fraction of sp³-hybridized carbons (Fsp3) is 0.409. The SMILES string of the molecule is Cc1nc2ccccc2n1CCCNC(=O)C1CCN(C(=O)c2ccco2)CC1. The molecule has 0 bridgehead atoms. The van der Waals surface area contributed by atoms with Gasteiger partial charge >= 0.3 is 0 Å². The summed E-state index contributed by atoms with van der Waals surface area (Å²) in [7, 11) is 0. The molecule has 1 aliphatic heterocycles. The Balaban J connectivity index is 1.21. The summed E-state index contributed by atoms with van der Waals surface area (Å²) in [5.41, 5.74) is 2.13. The van der Waals surface area contributed by atoms with Crippen molar-refractivity contribution in [1.29, 1.82) is 0 Å². The van der Waals surface area contributed by atoms with E-state index in [4.69, 9.17) is 4.42 Å². The van der Waals surface area contributed by atoms with Crippen molar-refractivity contribution >= 4 is 22.8 Å². The largest absolute Gasteiger partial charge is 0.459 e. The lowest BCUT2D eigenvalue weighted by atomic mass is 9.95. The highest BCUT2D eigenvalue weighted by molar-refractivity contribution is 5.91. The number of para-hydroxylation sites is 2. The molecule has 0 atom stereocenters. The molecule has 0 radical (unpaired) electrons. The van der Waals surface area contributed by atoms with E-state index in [0.717, 1.165) is 29.8 Å². The van der Waals surface area contributed by atoms with Crippen LogP contribution in [0.15, 0.2) is 47.1 Å². The van der Waals surface area contributed by atoms with Crippen LogP contribution in [0.4, 0.5) is 0 Å². The number of fused-ring (bicyclic) bond motifs is 1. The minimum atomic E-state index is -0.100. The van der Waals surface area contributed by atoms with Gasteiger partial charge in [0.05, 0.1) is 17.3 Å². The van der Waals surface area contributed by atoms with Crippen molar-refractivity contribution < 1.29 is 14.0 Å². The van der Waals surface area contributed by atoms with Gasteiger partial charge in [0.25, 0.3) is 5.91 Å². The lowest BCUT2D eigenvalue weighted by Crippen LogP contribution is -2.43. The number of aryl methyl sites for hydroxylation is 2. The number of carbonyl (C=O) groups excluding carboxylic acids is 2. The molecule has 3 heterocycles. The summed E-state index contributed by atoms with van der Waals surface area (Å²) >= 11 is 0. The molecule has 2 amide bonds. The number of imidazole rings is 1. The summed E-state index contributed by atoms with van der Waals surface area (Å²) in [5, 5.41) is 3.06. The first-order valence-corrected chi connectivity index (χ1v) is 10.2. The van der Waals surface area contributed by atoms with Crippen molar-refractivity contribution in [2.45, 2.75) is 32.7 Å². The lowest BCUT2D eigenvalue weighted by molar-refractivity contribution is -0.126. The normalized spacial score (nSPS) is 15.0. The smallest absolute Gasteiger partial charge is 0.289 e. The molecule has 1 saturated heterocycles. The number of amides is 2. The number of hydrogen-bond acceptors (Lipinski definition) is 4. The minimum absolute atomic E-state index is 0.0357. The van der Waals surface area contributed by atoms with E-state index in [9.17, 15) is 9.59 Å². The van der Waals surface area contributed by atoms with Gasteiger partial charge < -0.3 is 19.2 Å². The molecule has 1 aromatic carbocycles. The second kappa shape index (κ2) is 8.51. The van der Waals surface area contributed by atoms with Gasteiger partial charge in [-0.25, -0.2) is 4.98 Å². The number of benzene rings is 1. The molecule has 0 aliphatic carbocycles. The third kappa shape index (κ3) is 4.18. The topological polar surface area (TPSA) is 80.4 Å². The number of aromatic nitrogens is 2. The molecule has 0 saturated carbocycles. The third-order valence-electron chi connectivity index (χ3n) is 5.59. The number of nitrogens with zero attached hydrogens (tertiary/aromatic N) is 3. The first-order chi connectivity index (χ1) is 14.1. The maximum atomic E-state index is 12.5. The van der Waals surface area contributed by atoms with Crippen LogP contribution in [0, 0.1) is 12.8 Å². The van der Waals surface area contributed by atoms with Crippen molar-refractivity contribution in [3.63, 3.8) is 0 Å². The molecule has 7 nitrogen and oxygen atoms in total. The summed E-state index contributed by atoms with van der Waals surface area (Å²) in [6.45, 7) is 4.63. The monoisotopic (exact) mass is 394 g/mol. The van der Waals surface area contributed by atoms with Crippen molar-refractivity contribution in [3.8, 4) is 0 Å². The van der Waals surface area contributed by atoms with Crippen molar-refractivity contribution in [3.05, 3.63) is 54.2 Å². The average molecular weight is 394 g/mol. The molecule has 1 N–H and O–H groups in total. The first kappa shape index (κ1) is 19.2. The molecule has 1 aliphatic rings. The Kier molecular flexibility index (Phi) is 5.64. The van der Waals surface area contributed by atoms with Gasteiger partial charge in [-0.2, -0.15) is 0 Å². The Morgan fingerprint density at radius 3 is 2.72 bits per heavy atom. The van der Waals surface area contributed by atoms with Crippen molar-refractivity contribution in [1.82, 2.24) is 19.8 Å². The maximum absolute atomic E-state index is 12.5. The highest BCUT2D eigenvalue weighted by Gasteiger charge is 2.28. The minimum Gasteiger partial charge on any atom is -0.459 e. The van der Waals surface area contributed by atoms with Crippen LogP contribution >= 0.6 is 0 Å². The molecular weight excluding hydrogens is 368 g/mol. The van der Waals surface area contributed by atoms with E-state index in [2.05, 4.69) is 20.9 Å². The Hall–Kier alpha value is -3.09. The van der Waals surface area contributed by atoms with Crippen LogP contribution in [0.25, 0.3) is 11.0 Å². The molecule has 1 fully saturated rings. The Morgan fingerprint density at radius 1 is 1.17 bits per heavy atom. The first-order valence-electron chi connectivity index (χ1n) is 10.2. The summed E-state index contributed by atoms with van der Waals surface area (Å²) in [6, 6.07) is 11.5. The van der Waals surface area contributed by atoms with Crippen molar-refractivity contribution in [2.24, 2.45) is 5.92 Å². The highest BCUT2D eigenvalue weighted by Crippen LogP contribution is 2.20. The van der Waals surface area contributed by atoms with Gasteiger partial charge in [0.15, 0.2) is 5.76 Å². The van der Waals surface area contributed by atoms with Gasteiger partial charge in [-0.05, 0) is 50.5 Å². The quantitative estimate of drug-likeness (QED) is 0.652. The fourth-order valence-corrected chi connectivity index (χ4v) is 3.97. The van der Waals surface area contributed by atoms with Gasteiger partial charge in [-0.15, -0.1) is 0 Å². The second-order valence-corrected chi connectivity index (χ2v) is 7.49. The molecule has 3 aromatic rings. The molecule has 2 aromatic heterocycles. The summed E-state index contributed by atoms with van der Waals surface area (Å²) < 4.78 is 7.37. The second-order valence-electron chi connectivity index (χ2n) is 7.49. The summed E-state index contributed by atoms with van der Waals surface area (Å²) in [4.78, 5) is 31.1. The lowest BCUT2D eigenvalue weighted by Gasteiger charge is -2.30. The Bertz CT molecular complexity index is 985. The number of carbonyl (C=O) groups is 2. The fourth-order valence-electron chi connectivity index (χ4n) is 3.97. The van der Waals surface area contributed by atoms with E-state index >= 15 is 0 Å². The van der Waals surface area contributed by atoms with Crippen LogP contribution in [0.5, 0.6) is 0 Å². The Morgan fingerprint density at radius 2 is 1.97 bits per heavy atom. The van der Waals surface area contributed by atoms with Crippen LogP contribution in [-0.2, 0) is 11.3 Å². The predicted octanol–water partition coefficient (Wildman–Crippen LogP) is 3.00. The molecule has 4 rings (SSSR count). The third-order valence-corrected chi connectivity index (χ3v) is 5.59. The average Bonchev–Trinajstić information content (AvgIpc) is 3.38. The van der Waals surface area contributed by atoms with E-state index in [1.807, 2.05) is 25.1 Å². The number of nitrogens with one attached hydrogen (secondary N) is 1. The van der Waals surface area contributed by atoms with Crippen LogP contribution in [0.2, 0.25) is 0 Å². The highest BCUT2D eigenvalue weighted by atomic mass is 16.3. The van der Waals surface area contributed by atoms with Gasteiger partial charge in [0, 0.05) is 32.1 Å². The molecule has 0 spiro atoms. The van der Waals surface area contributed by atoms with Crippen LogP contribution in [-0.4, -0.2) is 45.9 Å². The van der Waals surface area contributed by atoms with Gasteiger partial charge in [0.1, 0.15) is 5.82 Å². The van der Waals surface area contributed by atoms with E-state index < -0.39 is 0 Å². The number of rotatable bonds is 6. The maximum Gasteiger partial charge on any atom is 0.289 e. The number of furan rings is 1. The van der Waals surface area contributed by atoms with E-state index in [-0.39, 0.29) is 17.7 Å². The standard InChI is InChI=1S/C22H26N4O3/c1-16-24-18-6-2-3-7-19(18)26(16)12-5-11-23-21(27)17-9-13-25(14-10-17)22(28)20-8-4-15-29-20/h2-4,6-8,15,17H,5,9-14H2,1H3,(H,23,27). The molecule has 0 unspecified atom stereocenters. The molecule has 29 heavy (non-hydrogen) atoms.